The molecule has 4 nitrogen and oxygen atoms in total. The molecule has 2 rings (SSSR count). The van der Waals surface area contributed by atoms with Gasteiger partial charge in [-0.1, -0.05) is 6.07 Å². The van der Waals surface area contributed by atoms with Gasteiger partial charge in [-0.25, -0.2) is 0 Å². The molecule has 1 aliphatic carbocycles. The number of rotatable bonds is 2. The quantitative estimate of drug-likeness (QED) is 0.749. The average molecular weight is 209 g/mol. The van der Waals surface area contributed by atoms with Crippen molar-refractivity contribution in [3.63, 3.8) is 0 Å². The van der Waals surface area contributed by atoms with Crippen LogP contribution in [-0.4, -0.2) is 25.4 Å². The Kier molecular flexibility index (Phi) is 2.54. The molecule has 2 unspecified atom stereocenters. The topological polar surface area (TPSA) is 64.7 Å². The number of aliphatic hydroxyl groups is 1. The zero-order valence-corrected chi connectivity index (χ0v) is 8.86. The van der Waals surface area contributed by atoms with Gasteiger partial charge in [0.1, 0.15) is 0 Å². The Bertz CT molecular complexity index is 378. The third kappa shape index (κ3) is 1.46. The van der Waals surface area contributed by atoms with E-state index in [0.717, 1.165) is 11.1 Å². The van der Waals surface area contributed by atoms with Gasteiger partial charge in [-0.15, -0.1) is 0 Å². The summed E-state index contributed by atoms with van der Waals surface area (Å²) in [6, 6.07) is 3.38. The Morgan fingerprint density at radius 2 is 2.07 bits per heavy atom. The predicted octanol–water partition coefficient (Wildman–Crippen LogP) is 0.621. The largest absolute Gasteiger partial charge is 0.493 e. The van der Waals surface area contributed by atoms with E-state index in [4.69, 9.17) is 15.2 Å². The van der Waals surface area contributed by atoms with E-state index >= 15 is 0 Å². The molecule has 0 heterocycles. The molecule has 4 heteroatoms. The van der Waals surface area contributed by atoms with Gasteiger partial charge < -0.3 is 20.3 Å². The van der Waals surface area contributed by atoms with Crippen molar-refractivity contribution in [2.75, 3.05) is 14.2 Å². The Hall–Kier alpha value is -1.26. The predicted molar refractivity (Wildman–Crippen MR) is 56.2 cm³/mol. The van der Waals surface area contributed by atoms with Gasteiger partial charge in [0.15, 0.2) is 11.5 Å². The molecule has 0 fully saturated rings. The molecule has 0 spiro atoms. The lowest BCUT2D eigenvalue weighted by Crippen LogP contribution is -2.24. The van der Waals surface area contributed by atoms with Crippen molar-refractivity contribution in [3.8, 4) is 11.5 Å². The highest BCUT2D eigenvalue weighted by atomic mass is 16.5. The van der Waals surface area contributed by atoms with Crippen LogP contribution in [0.25, 0.3) is 0 Å². The standard InChI is InChI=1S/C11H15NO3/c1-14-9-4-3-6-7(11(9)15-2)5-8(12)10(6)13/h3-4,8,10,13H,5,12H2,1-2H3. The second-order valence-electron chi connectivity index (χ2n) is 3.68. The summed E-state index contributed by atoms with van der Waals surface area (Å²) in [5.41, 5.74) is 7.60. The van der Waals surface area contributed by atoms with E-state index in [9.17, 15) is 5.11 Å². The zero-order valence-electron chi connectivity index (χ0n) is 8.86. The smallest absolute Gasteiger partial charge is 0.164 e. The van der Waals surface area contributed by atoms with Crippen LogP contribution < -0.4 is 15.2 Å². The summed E-state index contributed by atoms with van der Waals surface area (Å²) in [5, 5.41) is 9.81. The molecule has 1 aromatic rings. The zero-order chi connectivity index (χ0) is 11.0. The van der Waals surface area contributed by atoms with Gasteiger partial charge in [0, 0.05) is 11.6 Å². The van der Waals surface area contributed by atoms with Crippen LogP contribution in [0.3, 0.4) is 0 Å². The third-order valence-electron chi connectivity index (χ3n) is 2.85. The molecular formula is C11H15NO3. The summed E-state index contributed by atoms with van der Waals surface area (Å²) in [7, 11) is 3.18. The van der Waals surface area contributed by atoms with E-state index in [2.05, 4.69) is 0 Å². The van der Waals surface area contributed by atoms with E-state index in [-0.39, 0.29) is 6.04 Å². The number of nitrogens with two attached hydrogens (primary N) is 1. The molecule has 1 aromatic carbocycles. The molecule has 0 saturated carbocycles. The summed E-state index contributed by atoms with van der Waals surface area (Å²) >= 11 is 0. The Morgan fingerprint density at radius 1 is 1.33 bits per heavy atom. The summed E-state index contributed by atoms with van der Waals surface area (Å²) in [5.74, 6) is 1.36. The van der Waals surface area contributed by atoms with Crippen molar-refractivity contribution in [2.24, 2.45) is 5.73 Å². The number of hydrogen-bond acceptors (Lipinski definition) is 4. The van der Waals surface area contributed by atoms with Gasteiger partial charge >= 0.3 is 0 Å². The maximum Gasteiger partial charge on any atom is 0.164 e. The second-order valence-corrected chi connectivity index (χ2v) is 3.68. The number of benzene rings is 1. The SMILES string of the molecule is COc1ccc2c(c1OC)CC(N)C2O. The number of ether oxygens (including phenoxy) is 2. The molecule has 0 aromatic heterocycles. The summed E-state index contributed by atoms with van der Waals surface area (Å²) in [6.07, 6.45) is 0.0245. The molecule has 82 valence electrons. The molecule has 3 N–H and O–H groups in total. The second kappa shape index (κ2) is 3.72. The fourth-order valence-corrected chi connectivity index (χ4v) is 2.07. The van der Waals surface area contributed by atoms with Crippen LogP contribution in [0.5, 0.6) is 11.5 Å². The number of methoxy groups -OCH3 is 2. The molecule has 0 aliphatic heterocycles. The minimum atomic E-state index is -0.597. The van der Waals surface area contributed by atoms with E-state index in [1.54, 1.807) is 20.3 Å². The van der Waals surface area contributed by atoms with Gasteiger partial charge in [0.05, 0.1) is 20.3 Å². The molecule has 15 heavy (non-hydrogen) atoms. The fraction of sp³-hybridized carbons (Fsp3) is 0.455. The van der Waals surface area contributed by atoms with Crippen LogP contribution in [0, 0.1) is 0 Å². The Balaban J connectivity index is 2.54. The highest BCUT2D eigenvalue weighted by Crippen LogP contribution is 2.41. The minimum Gasteiger partial charge on any atom is -0.493 e. The number of aliphatic hydroxyl groups excluding tert-OH is 1. The van der Waals surface area contributed by atoms with Crippen LogP contribution in [0.1, 0.15) is 17.2 Å². The molecule has 1 aliphatic rings. The van der Waals surface area contributed by atoms with Crippen molar-refractivity contribution in [2.45, 2.75) is 18.6 Å². The van der Waals surface area contributed by atoms with Gasteiger partial charge in [-0.3, -0.25) is 0 Å². The monoisotopic (exact) mass is 209 g/mol. The van der Waals surface area contributed by atoms with Crippen molar-refractivity contribution in [3.05, 3.63) is 23.3 Å². The molecule has 2 atom stereocenters. The molecule has 0 bridgehead atoms. The van der Waals surface area contributed by atoms with Crippen LogP contribution in [-0.2, 0) is 6.42 Å². The van der Waals surface area contributed by atoms with Crippen LogP contribution in [0.15, 0.2) is 12.1 Å². The first-order chi connectivity index (χ1) is 7.19. The first kappa shape index (κ1) is 10.3. The van der Waals surface area contributed by atoms with E-state index in [0.29, 0.717) is 17.9 Å². The maximum absolute atomic E-state index is 9.81. The Morgan fingerprint density at radius 3 is 2.67 bits per heavy atom. The lowest BCUT2D eigenvalue weighted by atomic mass is 10.1. The van der Waals surface area contributed by atoms with Crippen molar-refractivity contribution in [1.82, 2.24) is 0 Å². The minimum absolute atomic E-state index is 0.249. The summed E-state index contributed by atoms with van der Waals surface area (Å²) in [4.78, 5) is 0. The van der Waals surface area contributed by atoms with Gasteiger partial charge in [0.2, 0.25) is 0 Å². The van der Waals surface area contributed by atoms with Crippen molar-refractivity contribution < 1.29 is 14.6 Å². The van der Waals surface area contributed by atoms with Crippen LogP contribution >= 0.6 is 0 Å². The number of hydrogen-bond donors (Lipinski definition) is 2. The molecular weight excluding hydrogens is 194 g/mol. The van der Waals surface area contributed by atoms with Gasteiger partial charge in [-0.05, 0) is 18.1 Å². The lowest BCUT2D eigenvalue weighted by Gasteiger charge is -2.12. The number of fused-ring (bicyclic) bond motifs is 1. The summed E-state index contributed by atoms with van der Waals surface area (Å²) < 4.78 is 10.5. The lowest BCUT2D eigenvalue weighted by molar-refractivity contribution is 0.159. The summed E-state index contributed by atoms with van der Waals surface area (Å²) in [6.45, 7) is 0. The first-order valence-corrected chi connectivity index (χ1v) is 4.86. The van der Waals surface area contributed by atoms with E-state index in [1.807, 2.05) is 6.07 Å². The highest BCUT2D eigenvalue weighted by Gasteiger charge is 2.31. The van der Waals surface area contributed by atoms with Gasteiger partial charge in [0.25, 0.3) is 0 Å². The van der Waals surface area contributed by atoms with Crippen LogP contribution in [0.4, 0.5) is 0 Å². The highest BCUT2D eigenvalue weighted by molar-refractivity contribution is 5.54. The van der Waals surface area contributed by atoms with Crippen molar-refractivity contribution >= 4 is 0 Å². The fourth-order valence-electron chi connectivity index (χ4n) is 2.07. The average Bonchev–Trinajstić information content (AvgIpc) is 2.54. The third-order valence-corrected chi connectivity index (χ3v) is 2.85. The van der Waals surface area contributed by atoms with Gasteiger partial charge in [-0.2, -0.15) is 0 Å². The maximum atomic E-state index is 9.81. The van der Waals surface area contributed by atoms with E-state index < -0.39 is 6.10 Å². The normalized spacial score (nSPS) is 23.7. The van der Waals surface area contributed by atoms with E-state index in [1.165, 1.54) is 0 Å². The molecule has 0 amide bonds. The van der Waals surface area contributed by atoms with Crippen molar-refractivity contribution in [1.29, 1.82) is 0 Å². The Labute approximate surface area is 88.6 Å². The first-order valence-electron chi connectivity index (χ1n) is 4.86. The molecule has 0 saturated heterocycles. The van der Waals surface area contributed by atoms with Crippen LogP contribution in [0.2, 0.25) is 0 Å². The molecule has 0 radical (unpaired) electrons.